The normalized spacial score (nSPS) is 15.6. The molecule has 1 saturated heterocycles. The maximum absolute atomic E-state index is 12.4. The van der Waals surface area contributed by atoms with Crippen molar-refractivity contribution in [2.24, 2.45) is 5.92 Å². The molecule has 2 heterocycles. The topological polar surface area (TPSA) is 122 Å². The van der Waals surface area contributed by atoms with Crippen LogP contribution in [0.4, 0.5) is 10.5 Å². The number of fused-ring (bicyclic) bond motifs is 1. The molecule has 1 aromatic rings. The summed E-state index contributed by atoms with van der Waals surface area (Å²) in [5, 5.41) is 2.49. The van der Waals surface area contributed by atoms with Gasteiger partial charge in [0.15, 0.2) is 17.3 Å². The summed E-state index contributed by atoms with van der Waals surface area (Å²) in [4.78, 5) is 62.0. The van der Waals surface area contributed by atoms with E-state index in [1.807, 2.05) is 0 Å². The molecule has 0 radical (unpaired) electrons. The monoisotopic (exact) mass is 389 g/mol. The van der Waals surface area contributed by atoms with E-state index in [0.29, 0.717) is 16.4 Å². The number of hydrogen-bond donors (Lipinski definition) is 1. The third kappa shape index (κ3) is 3.53. The van der Waals surface area contributed by atoms with Crippen LogP contribution in [-0.2, 0) is 14.4 Å². The minimum absolute atomic E-state index is 0.00530. The number of hydrogen-bond acceptors (Lipinski definition) is 7. The Morgan fingerprint density at radius 3 is 2.29 bits per heavy atom. The predicted octanol–water partition coefficient (Wildman–Crippen LogP) is 1.00. The van der Waals surface area contributed by atoms with Crippen LogP contribution in [-0.4, -0.2) is 59.2 Å². The zero-order valence-corrected chi connectivity index (χ0v) is 15.6. The maximum Gasteiger partial charge on any atom is 0.334 e. The number of anilines is 1. The Labute approximate surface area is 160 Å². The lowest BCUT2D eigenvalue weighted by Gasteiger charge is -2.17. The molecule has 0 bridgehead atoms. The van der Waals surface area contributed by atoms with E-state index in [1.165, 1.54) is 19.1 Å². The number of imide groups is 2. The smallest absolute Gasteiger partial charge is 0.334 e. The maximum atomic E-state index is 12.4. The molecule has 10 nitrogen and oxygen atoms in total. The van der Waals surface area contributed by atoms with Crippen LogP contribution in [0.3, 0.4) is 0 Å². The third-order valence-corrected chi connectivity index (χ3v) is 4.15. The van der Waals surface area contributed by atoms with Crippen molar-refractivity contribution in [3.05, 3.63) is 17.7 Å². The quantitative estimate of drug-likeness (QED) is 0.437. The van der Waals surface area contributed by atoms with E-state index in [-0.39, 0.29) is 36.3 Å². The van der Waals surface area contributed by atoms with Crippen molar-refractivity contribution in [1.29, 1.82) is 0 Å². The van der Waals surface area contributed by atoms with Gasteiger partial charge in [-0.25, -0.2) is 9.69 Å². The molecule has 5 amide bonds. The molecule has 0 atom stereocenters. The first-order chi connectivity index (χ1) is 13.2. The van der Waals surface area contributed by atoms with Gasteiger partial charge >= 0.3 is 17.8 Å². The molecule has 0 saturated carbocycles. The van der Waals surface area contributed by atoms with Crippen LogP contribution < -0.4 is 14.8 Å². The van der Waals surface area contributed by atoms with Crippen LogP contribution in [0.25, 0.3) is 0 Å². The van der Waals surface area contributed by atoms with Crippen LogP contribution in [0, 0.1) is 5.92 Å². The van der Waals surface area contributed by atoms with Gasteiger partial charge in [0.25, 0.3) is 0 Å². The summed E-state index contributed by atoms with van der Waals surface area (Å²) < 4.78 is 10.4. The van der Waals surface area contributed by atoms with Crippen molar-refractivity contribution in [1.82, 2.24) is 9.80 Å². The summed E-state index contributed by atoms with van der Waals surface area (Å²) in [6.45, 7) is 4.34. The first kappa shape index (κ1) is 19.3. The van der Waals surface area contributed by atoms with E-state index in [2.05, 4.69) is 5.32 Å². The number of carbonyl (C=O) groups is 5. The average molecular weight is 389 g/mol. The SMILES string of the molecule is CC(=O)c1cc2c(cc1NC(=O)CN1C(=O)C(=O)N(CC(C)C)C1=O)OCO2. The second-order valence-electron chi connectivity index (χ2n) is 6.84. The lowest BCUT2D eigenvalue weighted by Crippen LogP contribution is -2.39. The van der Waals surface area contributed by atoms with E-state index >= 15 is 0 Å². The number of nitrogens with one attached hydrogen (secondary N) is 1. The number of rotatable bonds is 6. The molecule has 10 heteroatoms. The Morgan fingerprint density at radius 2 is 1.68 bits per heavy atom. The average Bonchev–Trinajstić information content (AvgIpc) is 3.15. The number of benzene rings is 1. The molecule has 2 aliphatic heterocycles. The fraction of sp³-hybridized carbons (Fsp3) is 0.389. The minimum atomic E-state index is -1.06. The first-order valence-corrected chi connectivity index (χ1v) is 8.60. The van der Waals surface area contributed by atoms with E-state index in [9.17, 15) is 24.0 Å². The molecule has 3 rings (SSSR count). The van der Waals surface area contributed by atoms with Gasteiger partial charge in [0.1, 0.15) is 6.54 Å². The molecule has 28 heavy (non-hydrogen) atoms. The fourth-order valence-electron chi connectivity index (χ4n) is 2.89. The van der Waals surface area contributed by atoms with Crippen molar-refractivity contribution in [3.63, 3.8) is 0 Å². The van der Waals surface area contributed by atoms with Crippen molar-refractivity contribution in [3.8, 4) is 11.5 Å². The highest BCUT2D eigenvalue weighted by molar-refractivity contribution is 6.45. The van der Waals surface area contributed by atoms with Crippen molar-refractivity contribution >= 4 is 35.2 Å². The number of carbonyl (C=O) groups excluding carboxylic acids is 5. The molecule has 0 aliphatic carbocycles. The Hall–Kier alpha value is -3.43. The molecule has 1 N–H and O–H groups in total. The molecule has 1 aromatic carbocycles. The van der Waals surface area contributed by atoms with Crippen LogP contribution in [0.5, 0.6) is 11.5 Å². The number of Topliss-reactive ketones (excluding diaryl/α,β-unsaturated/α-hetero) is 1. The summed E-state index contributed by atoms with van der Waals surface area (Å²) in [7, 11) is 0. The van der Waals surface area contributed by atoms with Crippen molar-refractivity contribution in [2.45, 2.75) is 20.8 Å². The number of ketones is 1. The summed E-state index contributed by atoms with van der Waals surface area (Å²) >= 11 is 0. The molecule has 1 fully saturated rings. The second-order valence-corrected chi connectivity index (χ2v) is 6.84. The lowest BCUT2D eigenvalue weighted by atomic mass is 10.1. The predicted molar refractivity (Wildman–Crippen MR) is 94.9 cm³/mol. The standard InChI is InChI=1S/C18H19N3O7/c1-9(2)6-20-16(24)17(25)21(18(20)26)7-15(23)19-12-5-14-13(27-8-28-14)4-11(12)10(3)22/h4-5,9H,6-8H2,1-3H3,(H,19,23). The van der Waals surface area contributed by atoms with Gasteiger partial charge in [-0.1, -0.05) is 13.8 Å². The molecular weight excluding hydrogens is 370 g/mol. The number of ether oxygens (including phenoxy) is 2. The van der Waals surface area contributed by atoms with Gasteiger partial charge in [-0.15, -0.1) is 0 Å². The molecular formula is C18H19N3O7. The lowest BCUT2D eigenvalue weighted by molar-refractivity contribution is -0.143. The number of amides is 5. The van der Waals surface area contributed by atoms with E-state index in [0.717, 1.165) is 4.90 Å². The molecule has 0 unspecified atom stereocenters. The molecule has 0 spiro atoms. The Bertz CT molecular complexity index is 893. The molecule has 148 valence electrons. The van der Waals surface area contributed by atoms with E-state index in [1.54, 1.807) is 13.8 Å². The van der Waals surface area contributed by atoms with Gasteiger partial charge in [-0.2, -0.15) is 0 Å². The highest BCUT2D eigenvalue weighted by atomic mass is 16.7. The summed E-state index contributed by atoms with van der Waals surface area (Å²) in [6.07, 6.45) is 0. The molecule has 2 aliphatic rings. The minimum Gasteiger partial charge on any atom is -0.454 e. The Morgan fingerprint density at radius 1 is 1.07 bits per heavy atom. The van der Waals surface area contributed by atoms with Gasteiger partial charge in [0.05, 0.1) is 5.69 Å². The highest BCUT2D eigenvalue weighted by Gasteiger charge is 2.45. The number of urea groups is 1. The van der Waals surface area contributed by atoms with Crippen LogP contribution >= 0.6 is 0 Å². The van der Waals surface area contributed by atoms with Crippen LogP contribution in [0.15, 0.2) is 12.1 Å². The Kier molecular flexibility index (Phi) is 5.04. The van der Waals surface area contributed by atoms with Crippen LogP contribution in [0.1, 0.15) is 31.1 Å². The third-order valence-electron chi connectivity index (χ3n) is 4.15. The fourth-order valence-corrected chi connectivity index (χ4v) is 2.89. The van der Waals surface area contributed by atoms with Gasteiger partial charge in [-0.3, -0.25) is 24.1 Å². The van der Waals surface area contributed by atoms with E-state index < -0.39 is 30.3 Å². The Balaban J connectivity index is 1.76. The summed E-state index contributed by atoms with van der Waals surface area (Å²) in [5.74, 6) is -2.36. The first-order valence-electron chi connectivity index (χ1n) is 8.60. The van der Waals surface area contributed by atoms with Gasteiger partial charge in [0.2, 0.25) is 12.7 Å². The zero-order chi connectivity index (χ0) is 20.6. The van der Waals surface area contributed by atoms with E-state index in [4.69, 9.17) is 9.47 Å². The van der Waals surface area contributed by atoms with Crippen molar-refractivity contribution < 1.29 is 33.4 Å². The van der Waals surface area contributed by atoms with Gasteiger partial charge in [0, 0.05) is 18.2 Å². The van der Waals surface area contributed by atoms with Crippen LogP contribution in [0.2, 0.25) is 0 Å². The highest BCUT2D eigenvalue weighted by Crippen LogP contribution is 2.37. The van der Waals surface area contributed by atoms with Gasteiger partial charge < -0.3 is 14.8 Å². The molecule has 0 aromatic heterocycles. The largest absolute Gasteiger partial charge is 0.454 e. The second kappa shape index (κ2) is 7.29. The number of nitrogens with zero attached hydrogens (tertiary/aromatic N) is 2. The summed E-state index contributed by atoms with van der Waals surface area (Å²) in [5.41, 5.74) is 0.348. The van der Waals surface area contributed by atoms with Crippen molar-refractivity contribution in [2.75, 3.05) is 25.2 Å². The van der Waals surface area contributed by atoms with Gasteiger partial charge in [-0.05, 0) is 18.9 Å². The zero-order valence-electron chi connectivity index (χ0n) is 15.6. The summed E-state index contributed by atoms with van der Waals surface area (Å²) in [6, 6.07) is 2.04.